The molecule has 9 nitrogen and oxygen atoms in total. The van der Waals surface area contributed by atoms with Gasteiger partial charge in [-0.25, -0.2) is 0 Å². The summed E-state index contributed by atoms with van der Waals surface area (Å²) in [7, 11) is 0. The molecular weight excluding hydrogens is 362 g/mol. The van der Waals surface area contributed by atoms with Crippen molar-refractivity contribution < 1.29 is 14.5 Å². The Balaban J connectivity index is 1.80. The monoisotopic (exact) mass is 383 g/mol. The van der Waals surface area contributed by atoms with Crippen molar-refractivity contribution in [1.82, 2.24) is 5.32 Å². The average molecular weight is 383 g/mol. The Labute approximate surface area is 161 Å². The third-order valence-corrected chi connectivity index (χ3v) is 4.24. The number of benzene rings is 2. The molecule has 0 atom stereocenters. The second kappa shape index (κ2) is 8.49. The molecule has 0 heterocycles. The van der Waals surface area contributed by atoms with Crippen molar-refractivity contribution in [2.24, 2.45) is 5.73 Å². The van der Waals surface area contributed by atoms with Crippen LogP contribution in [0, 0.1) is 10.1 Å². The van der Waals surface area contributed by atoms with E-state index < -0.39 is 10.8 Å². The largest absolute Gasteiger partial charge is 0.377 e. The number of nitrogens with two attached hydrogens (primary N) is 1. The van der Waals surface area contributed by atoms with Crippen molar-refractivity contribution in [3.63, 3.8) is 0 Å². The lowest BCUT2D eigenvalue weighted by molar-refractivity contribution is -0.384. The van der Waals surface area contributed by atoms with Crippen LogP contribution in [0.2, 0.25) is 0 Å². The van der Waals surface area contributed by atoms with Crippen molar-refractivity contribution in [2.45, 2.75) is 18.9 Å². The van der Waals surface area contributed by atoms with Crippen LogP contribution in [0.25, 0.3) is 0 Å². The number of amides is 2. The van der Waals surface area contributed by atoms with E-state index in [4.69, 9.17) is 5.73 Å². The Bertz CT molecular complexity index is 911. The predicted octanol–water partition coefficient (Wildman–Crippen LogP) is 2.11. The summed E-state index contributed by atoms with van der Waals surface area (Å²) in [5.41, 5.74) is 6.35. The van der Waals surface area contributed by atoms with Crippen LogP contribution in [0.15, 0.2) is 42.5 Å². The zero-order valence-corrected chi connectivity index (χ0v) is 15.1. The Morgan fingerprint density at radius 1 is 1.11 bits per heavy atom. The average Bonchev–Trinajstić information content (AvgIpc) is 3.50. The maximum atomic E-state index is 12.6. The smallest absolute Gasteiger partial charge is 0.293 e. The number of rotatable bonds is 8. The highest BCUT2D eigenvalue weighted by atomic mass is 16.6. The van der Waals surface area contributed by atoms with E-state index in [1.165, 1.54) is 18.2 Å². The minimum Gasteiger partial charge on any atom is -0.377 e. The number of anilines is 2. The molecule has 1 aliphatic rings. The Morgan fingerprint density at radius 2 is 1.86 bits per heavy atom. The molecule has 0 aliphatic heterocycles. The van der Waals surface area contributed by atoms with Gasteiger partial charge in [0.2, 0.25) is 0 Å². The van der Waals surface area contributed by atoms with Gasteiger partial charge in [-0.1, -0.05) is 12.1 Å². The van der Waals surface area contributed by atoms with E-state index in [9.17, 15) is 19.7 Å². The van der Waals surface area contributed by atoms with Gasteiger partial charge in [-0.15, -0.1) is 0 Å². The molecule has 1 aliphatic carbocycles. The Morgan fingerprint density at radius 3 is 2.54 bits per heavy atom. The maximum absolute atomic E-state index is 12.6. The van der Waals surface area contributed by atoms with E-state index in [2.05, 4.69) is 16.0 Å². The van der Waals surface area contributed by atoms with E-state index in [0.717, 1.165) is 12.8 Å². The van der Waals surface area contributed by atoms with E-state index in [1.807, 2.05) is 0 Å². The summed E-state index contributed by atoms with van der Waals surface area (Å²) in [5, 5.41) is 19.8. The zero-order chi connectivity index (χ0) is 20.1. The fourth-order valence-electron chi connectivity index (χ4n) is 2.66. The van der Waals surface area contributed by atoms with Crippen molar-refractivity contribution in [3.05, 3.63) is 63.7 Å². The van der Waals surface area contributed by atoms with Gasteiger partial charge >= 0.3 is 0 Å². The van der Waals surface area contributed by atoms with Gasteiger partial charge in [0.05, 0.1) is 16.2 Å². The molecule has 3 rings (SSSR count). The van der Waals surface area contributed by atoms with Crippen LogP contribution < -0.4 is 21.7 Å². The lowest BCUT2D eigenvalue weighted by atomic mass is 10.1. The summed E-state index contributed by atoms with van der Waals surface area (Å²) in [6.45, 7) is 0.605. The molecule has 1 fully saturated rings. The summed E-state index contributed by atoms with van der Waals surface area (Å²) in [4.78, 5) is 35.7. The molecule has 0 unspecified atom stereocenters. The van der Waals surface area contributed by atoms with Crippen molar-refractivity contribution >= 4 is 28.9 Å². The second-order valence-electron chi connectivity index (χ2n) is 6.45. The topological polar surface area (TPSA) is 139 Å². The van der Waals surface area contributed by atoms with Crippen molar-refractivity contribution in [3.8, 4) is 0 Å². The summed E-state index contributed by atoms with van der Waals surface area (Å²) < 4.78 is 0. The summed E-state index contributed by atoms with van der Waals surface area (Å²) >= 11 is 0. The summed E-state index contributed by atoms with van der Waals surface area (Å²) in [6.07, 6.45) is 1.95. The number of nitrogens with zero attached hydrogens (tertiary/aromatic N) is 1. The van der Waals surface area contributed by atoms with Gasteiger partial charge < -0.3 is 21.7 Å². The Kier molecular flexibility index (Phi) is 5.85. The molecule has 2 aromatic rings. The van der Waals surface area contributed by atoms with Crippen LogP contribution in [0.1, 0.15) is 33.6 Å². The highest BCUT2D eigenvalue weighted by molar-refractivity contribution is 6.09. The first-order valence-corrected chi connectivity index (χ1v) is 8.93. The van der Waals surface area contributed by atoms with E-state index in [-0.39, 0.29) is 28.8 Å². The molecule has 1 saturated carbocycles. The Hall–Kier alpha value is -3.46. The molecule has 2 aromatic carbocycles. The molecule has 9 heteroatoms. The van der Waals surface area contributed by atoms with Gasteiger partial charge in [0.25, 0.3) is 17.5 Å². The van der Waals surface area contributed by atoms with Crippen LogP contribution in [0.5, 0.6) is 0 Å². The number of hydrogen-bond acceptors (Lipinski definition) is 6. The zero-order valence-electron chi connectivity index (χ0n) is 15.1. The molecule has 2 amide bonds. The van der Waals surface area contributed by atoms with Crippen molar-refractivity contribution in [2.75, 3.05) is 23.7 Å². The molecule has 146 valence electrons. The SMILES string of the molecule is NCCNC(=O)c1ccccc1NC(=O)c1ccc(NC2CC2)c([N+](=O)[O-])c1. The minimum absolute atomic E-state index is 0.130. The highest BCUT2D eigenvalue weighted by Crippen LogP contribution is 2.31. The maximum Gasteiger partial charge on any atom is 0.293 e. The number of para-hydroxylation sites is 1. The highest BCUT2D eigenvalue weighted by Gasteiger charge is 2.25. The fourth-order valence-corrected chi connectivity index (χ4v) is 2.66. The second-order valence-corrected chi connectivity index (χ2v) is 6.45. The number of hydrogen-bond donors (Lipinski definition) is 4. The third kappa shape index (κ3) is 4.63. The molecule has 5 N–H and O–H groups in total. The lowest BCUT2D eigenvalue weighted by Gasteiger charge is -2.12. The lowest BCUT2D eigenvalue weighted by Crippen LogP contribution is -2.30. The number of carbonyl (C=O) groups is 2. The van der Waals surface area contributed by atoms with Gasteiger partial charge in [0, 0.05) is 30.8 Å². The molecule has 0 spiro atoms. The van der Waals surface area contributed by atoms with Gasteiger partial charge in [-0.3, -0.25) is 19.7 Å². The molecule has 0 radical (unpaired) electrons. The number of carbonyl (C=O) groups excluding carboxylic acids is 2. The first-order chi connectivity index (χ1) is 13.5. The first-order valence-electron chi connectivity index (χ1n) is 8.93. The number of nitro groups is 1. The quantitative estimate of drug-likeness (QED) is 0.407. The molecular formula is C19H21N5O4. The molecule has 0 bridgehead atoms. The van der Waals surface area contributed by atoms with Crippen LogP contribution in [0.3, 0.4) is 0 Å². The minimum atomic E-state index is -0.542. The van der Waals surface area contributed by atoms with Gasteiger partial charge in [0.15, 0.2) is 0 Å². The van der Waals surface area contributed by atoms with E-state index in [0.29, 0.717) is 24.5 Å². The summed E-state index contributed by atoms with van der Waals surface area (Å²) in [6, 6.07) is 11.1. The molecule has 28 heavy (non-hydrogen) atoms. The predicted molar refractivity (Wildman–Crippen MR) is 106 cm³/mol. The number of nitro benzene ring substituents is 1. The van der Waals surface area contributed by atoms with Crippen LogP contribution in [-0.4, -0.2) is 35.9 Å². The fraction of sp³-hybridized carbons (Fsp3) is 0.263. The molecule has 0 aromatic heterocycles. The molecule has 0 saturated heterocycles. The van der Waals surface area contributed by atoms with Gasteiger partial charge in [0.1, 0.15) is 5.69 Å². The van der Waals surface area contributed by atoms with Gasteiger partial charge in [-0.2, -0.15) is 0 Å². The standard InChI is InChI=1S/C19H21N5O4/c20-9-10-21-19(26)14-3-1-2-4-15(14)23-18(25)12-5-8-16(22-13-6-7-13)17(11-12)24(27)28/h1-5,8,11,13,22H,6-7,9-10,20H2,(H,21,26)(H,23,25). The van der Waals surface area contributed by atoms with Crippen LogP contribution >= 0.6 is 0 Å². The van der Waals surface area contributed by atoms with Gasteiger partial charge in [-0.05, 0) is 37.1 Å². The van der Waals surface area contributed by atoms with E-state index in [1.54, 1.807) is 24.3 Å². The van der Waals surface area contributed by atoms with Crippen LogP contribution in [-0.2, 0) is 0 Å². The number of nitrogens with one attached hydrogen (secondary N) is 3. The summed E-state index contributed by atoms with van der Waals surface area (Å²) in [5.74, 6) is -0.906. The van der Waals surface area contributed by atoms with E-state index >= 15 is 0 Å². The third-order valence-electron chi connectivity index (χ3n) is 4.24. The van der Waals surface area contributed by atoms with Crippen molar-refractivity contribution in [1.29, 1.82) is 0 Å². The normalized spacial score (nSPS) is 12.9. The first kappa shape index (κ1) is 19.3. The van der Waals surface area contributed by atoms with Crippen LogP contribution in [0.4, 0.5) is 17.1 Å².